The molecule has 1 aliphatic heterocycles. The molecule has 3 rings (SSSR count). The van der Waals surface area contributed by atoms with Crippen molar-refractivity contribution in [2.24, 2.45) is 0 Å². The minimum atomic E-state index is -0.248. The predicted octanol–water partition coefficient (Wildman–Crippen LogP) is 2.17. The molecule has 2 aromatic rings. The second kappa shape index (κ2) is 5.33. The topological polar surface area (TPSA) is 81.3 Å². The standard InChI is InChI=1S/C14H13BrN4O2/c1-8-17-12(16)11-13(18-8)21-7-6-19(14(11)20)10-4-2-9(15)3-5-10/h2-5H,6-7H2,1H3,(H2,16,17,18). The number of aromatic nitrogens is 2. The molecule has 1 aliphatic rings. The molecule has 1 amide bonds. The van der Waals surface area contributed by atoms with Gasteiger partial charge in [-0.2, -0.15) is 4.98 Å². The summed E-state index contributed by atoms with van der Waals surface area (Å²) in [5.41, 5.74) is 6.88. The van der Waals surface area contributed by atoms with E-state index in [9.17, 15) is 4.79 Å². The minimum absolute atomic E-state index is 0.145. The van der Waals surface area contributed by atoms with Gasteiger partial charge in [-0.3, -0.25) is 4.79 Å². The van der Waals surface area contributed by atoms with E-state index in [1.807, 2.05) is 24.3 Å². The fourth-order valence-electron chi connectivity index (χ4n) is 2.21. The molecule has 1 aromatic carbocycles. The number of halogens is 1. The quantitative estimate of drug-likeness (QED) is 0.853. The van der Waals surface area contributed by atoms with Gasteiger partial charge in [0.25, 0.3) is 5.91 Å². The van der Waals surface area contributed by atoms with E-state index in [0.717, 1.165) is 10.2 Å². The first-order chi connectivity index (χ1) is 10.1. The third kappa shape index (κ3) is 2.56. The van der Waals surface area contributed by atoms with Gasteiger partial charge in [0.2, 0.25) is 5.88 Å². The minimum Gasteiger partial charge on any atom is -0.475 e. The van der Waals surface area contributed by atoms with Crippen LogP contribution < -0.4 is 15.4 Å². The fourth-order valence-corrected chi connectivity index (χ4v) is 2.47. The number of carbonyl (C=O) groups excluding carboxylic acids is 1. The zero-order chi connectivity index (χ0) is 15.0. The van der Waals surface area contributed by atoms with Crippen LogP contribution >= 0.6 is 15.9 Å². The lowest BCUT2D eigenvalue weighted by atomic mass is 10.2. The van der Waals surface area contributed by atoms with Crippen LogP contribution in [0.15, 0.2) is 28.7 Å². The van der Waals surface area contributed by atoms with E-state index in [1.54, 1.807) is 11.8 Å². The molecule has 0 spiro atoms. The lowest BCUT2D eigenvalue weighted by Crippen LogP contribution is -2.32. The Labute approximate surface area is 130 Å². The average molecular weight is 349 g/mol. The molecule has 0 saturated carbocycles. The largest absolute Gasteiger partial charge is 0.475 e. The average Bonchev–Trinajstić information content (AvgIpc) is 2.59. The van der Waals surface area contributed by atoms with Crippen LogP contribution in [0.3, 0.4) is 0 Å². The van der Waals surface area contributed by atoms with Gasteiger partial charge in [-0.05, 0) is 31.2 Å². The number of fused-ring (bicyclic) bond motifs is 1. The van der Waals surface area contributed by atoms with Gasteiger partial charge in [-0.25, -0.2) is 4.98 Å². The molecular formula is C14H13BrN4O2. The van der Waals surface area contributed by atoms with Crippen LogP contribution in [0.4, 0.5) is 11.5 Å². The number of rotatable bonds is 1. The van der Waals surface area contributed by atoms with Crippen molar-refractivity contribution < 1.29 is 9.53 Å². The van der Waals surface area contributed by atoms with Crippen LogP contribution in [0.1, 0.15) is 16.2 Å². The molecule has 0 bridgehead atoms. The van der Waals surface area contributed by atoms with Crippen LogP contribution in [0.5, 0.6) is 5.88 Å². The summed E-state index contributed by atoms with van der Waals surface area (Å²) in [6.07, 6.45) is 0. The number of anilines is 2. The Hall–Kier alpha value is -2.15. The Morgan fingerprint density at radius 2 is 2.00 bits per heavy atom. The summed E-state index contributed by atoms with van der Waals surface area (Å²) < 4.78 is 6.50. The van der Waals surface area contributed by atoms with E-state index in [4.69, 9.17) is 10.5 Å². The lowest BCUT2D eigenvalue weighted by Gasteiger charge is -2.20. The zero-order valence-electron chi connectivity index (χ0n) is 11.3. The third-order valence-corrected chi connectivity index (χ3v) is 3.70. The number of hydrogen-bond acceptors (Lipinski definition) is 5. The van der Waals surface area contributed by atoms with Crippen molar-refractivity contribution in [2.45, 2.75) is 6.92 Å². The zero-order valence-corrected chi connectivity index (χ0v) is 12.9. The number of hydrogen-bond donors (Lipinski definition) is 1. The Bertz CT molecular complexity index is 703. The summed E-state index contributed by atoms with van der Waals surface area (Å²) in [5.74, 6) is 0.634. The van der Waals surface area contributed by atoms with Crippen LogP contribution in [-0.2, 0) is 0 Å². The van der Waals surface area contributed by atoms with E-state index in [0.29, 0.717) is 19.0 Å². The third-order valence-electron chi connectivity index (χ3n) is 3.17. The molecule has 0 aliphatic carbocycles. The molecule has 108 valence electrons. The molecule has 6 nitrogen and oxygen atoms in total. The number of nitrogens with two attached hydrogens (primary N) is 1. The molecule has 0 saturated heterocycles. The van der Waals surface area contributed by atoms with E-state index in [2.05, 4.69) is 25.9 Å². The van der Waals surface area contributed by atoms with E-state index in [1.165, 1.54) is 0 Å². The van der Waals surface area contributed by atoms with Gasteiger partial charge in [-0.15, -0.1) is 0 Å². The van der Waals surface area contributed by atoms with Crippen LogP contribution in [0, 0.1) is 6.92 Å². The van der Waals surface area contributed by atoms with Crippen molar-refractivity contribution >= 4 is 33.3 Å². The number of nitrogen functional groups attached to an aromatic ring is 1. The maximum atomic E-state index is 12.7. The van der Waals surface area contributed by atoms with Gasteiger partial charge in [0.1, 0.15) is 23.8 Å². The second-order valence-corrected chi connectivity index (χ2v) is 5.53. The van der Waals surface area contributed by atoms with Crippen LogP contribution in [-0.4, -0.2) is 29.0 Å². The number of ether oxygens (including phenoxy) is 1. The molecule has 2 N–H and O–H groups in total. The first-order valence-corrected chi connectivity index (χ1v) is 7.20. The first-order valence-electron chi connectivity index (χ1n) is 6.40. The summed E-state index contributed by atoms with van der Waals surface area (Å²) in [6.45, 7) is 2.49. The second-order valence-electron chi connectivity index (χ2n) is 4.62. The van der Waals surface area contributed by atoms with Crippen LogP contribution in [0.25, 0.3) is 0 Å². The highest BCUT2D eigenvalue weighted by Crippen LogP contribution is 2.28. The summed E-state index contributed by atoms with van der Waals surface area (Å²) in [7, 11) is 0. The number of aryl methyl sites for hydroxylation is 1. The van der Waals surface area contributed by atoms with E-state index >= 15 is 0 Å². The van der Waals surface area contributed by atoms with Gasteiger partial charge in [0, 0.05) is 10.2 Å². The highest BCUT2D eigenvalue weighted by molar-refractivity contribution is 9.10. The van der Waals surface area contributed by atoms with Gasteiger partial charge >= 0.3 is 0 Å². The Balaban J connectivity index is 2.06. The van der Waals surface area contributed by atoms with Crippen molar-refractivity contribution in [3.63, 3.8) is 0 Å². The SMILES string of the molecule is Cc1nc(N)c2c(n1)OCCN(c1ccc(Br)cc1)C2=O. The normalized spacial score (nSPS) is 14.4. The van der Waals surface area contributed by atoms with Gasteiger partial charge in [0.05, 0.1) is 6.54 Å². The highest BCUT2D eigenvalue weighted by atomic mass is 79.9. The molecular weight excluding hydrogens is 336 g/mol. The Kier molecular flexibility index (Phi) is 3.50. The number of benzene rings is 1. The molecule has 2 heterocycles. The molecule has 0 fully saturated rings. The van der Waals surface area contributed by atoms with Gasteiger partial charge in [-0.1, -0.05) is 15.9 Å². The highest BCUT2D eigenvalue weighted by Gasteiger charge is 2.29. The maximum Gasteiger partial charge on any atom is 0.267 e. The molecule has 21 heavy (non-hydrogen) atoms. The molecule has 7 heteroatoms. The predicted molar refractivity (Wildman–Crippen MR) is 82.5 cm³/mol. The fraction of sp³-hybridized carbons (Fsp3) is 0.214. The summed E-state index contributed by atoms with van der Waals surface area (Å²) >= 11 is 3.38. The van der Waals surface area contributed by atoms with Crippen molar-refractivity contribution in [3.05, 3.63) is 40.1 Å². The summed E-state index contributed by atoms with van der Waals surface area (Å²) in [6, 6.07) is 7.48. The number of amides is 1. The monoisotopic (exact) mass is 348 g/mol. The molecule has 0 radical (unpaired) electrons. The summed E-state index contributed by atoms with van der Waals surface area (Å²) in [5, 5.41) is 0. The van der Waals surface area contributed by atoms with E-state index in [-0.39, 0.29) is 23.2 Å². The first kappa shape index (κ1) is 13.8. The van der Waals surface area contributed by atoms with Crippen molar-refractivity contribution in [1.82, 2.24) is 9.97 Å². The van der Waals surface area contributed by atoms with Gasteiger partial charge in [0.15, 0.2) is 0 Å². The Morgan fingerprint density at radius 3 is 2.71 bits per heavy atom. The lowest BCUT2D eigenvalue weighted by molar-refractivity contribution is 0.0990. The Morgan fingerprint density at radius 1 is 1.29 bits per heavy atom. The van der Waals surface area contributed by atoms with Gasteiger partial charge < -0.3 is 15.4 Å². The van der Waals surface area contributed by atoms with E-state index < -0.39 is 0 Å². The molecule has 1 aromatic heterocycles. The van der Waals surface area contributed by atoms with Crippen molar-refractivity contribution in [2.75, 3.05) is 23.8 Å². The van der Waals surface area contributed by atoms with Crippen molar-refractivity contribution in [1.29, 1.82) is 0 Å². The molecule has 0 atom stereocenters. The van der Waals surface area contributed by atoms with Crippen LogP contribution in [0.2, 0.25) is 0 Å². The maximum absolute atomic E-state index is 12.7. The molecule has 0 unspecified atom stereocenters. The number of nitrogens with zero attached hydrogens (tertiary/aromatic N) is 3. The number of carbonyl (C=O) groups is 1. The van der Waals surface area contributed by atoms with Crippen molar-refractivity contribution in [3.8, 4) is 5.88 Å². The smallest absolute Gasteiger partial charge is 0.267 e. The summed E-state index contributed by atoms with van der Waals surface area (Å²) in [4.78, 5) is 22.6.